The Kier molecular flexibility index (Phi) is 4.28. The highest BCUT2D eigenvalue weighted by molar-refractivity contribution is 7.22. The number of nitro benzene ring substituents is 1. The molecule has 3 rings (SSSR count). The Balaban J connectivity index is 1.88. The maximum absolute atomic E-state index is 12.3. The minimum absolute atomic E-state index is 0.0419. The van der Waals surface area contributed by atoms with Gasteiger partial charge in [0.1, 0.15) is 5.69 Å². The molecule has 1 aromatic carbocycles. The van der Waals surface area contributed by atoms with Crippen molar-refractivity contribution in [1.29, 1.82) is 0 Å². The highest BCUT2D eigenvalue weighted by Crippen LogP contribution is 2.29. The zero-order chi connectivity index (χ0) is 18.1. The fourth-order valence-corrected chi connectivity index (χ4v) is 3.05. The van der Waals surface area contributed by atoms with Gasteiger partial charge in [-0.1, -0.05) is 11.3 Å². The third-order valence-electron chi connectivity index (χ3n) is 3.35. The second-order valence-corrected chi connectivity index (χ2v) is 6.51. The summed E-state index contributed by atoms with van der Waals surface area (Å²) < 4.78 is 1.81. The second-order valence-electron chi connectivity index (χ2n) is 5.48. The van der Waals surface area contributed by atoms with Crippen LogP contribution in [0.2, 0.25) is 0 Å². The summed E-state index contributed by atoms with van der Waals surface area (Å²) >= 11 is 1.12. The molecule has 0 aliphatic carbocycles. The number of rotatable bonds is 4. The predicted molar refractivity (Wildman–Crippen MR) is 93.1 cm³/mol. The van der Waals surface area contributed by atoms with Crippen molar-refractivity contribution in [2.24, 2.45) is 0 Å². The number of aromatic nitrogens is 3. The van der Waals surface area contributed by atoms with Crippen molar-refractivity contribution in [2.45, 2.75) is 19.9 Å². The Morgan fingerprint density at radius 1 is 1.32 bits per heavy atom. The van der Waals surface area contributed by atoms with Gasteiger partial charge in [-0.15, -0.1) is 0 Å². The number of thiazole rings is 1. The number of amides is 1. The second kappa shape index (κ2) is 6.40. The number of nitro groups is 1. The van der Waals surface area contributed by atoms with Crippen LogP contribution in [0.25, 0.3) is 10.2 Å². The van der Waals surface area contributed by atoms with E-state index in [4.69, 9.17) is 0 Å². The molecule has 0 saturated carbocycles. The summed E-state index contributed by atoms with van der Waals surface area (Å²) in [7, 11) is 0. The van der Waals surface area contributed by atoms with E-state index in [1.807, 2.05) is 0 Å². The average Bonchev–Trinajstić information content (AvgIpc) is 2.95. The predicted octanol–water partition coefficient (Wildman–Crippen LogP) is 2.59. The molecular formula is C15H13N5O4S. The Morgan fingerprint density at radius 3 is 2.76 bits per heavy atom. The molecule has 0 fully saturated rings. The first kappa shape index (κ1) is 16.7. The third kappa shape index (κ3) is 3.38. The van der Waals surface area contributed by atoms with Gasteiger partial charge in [-0.2, -0.15) is 5.10 Å². The zero-order valence-corrected chi connectivity index (χ0v) is 14.1. The molecule has 3 aromatic rings. The number of anilines is 1. The largest absolute Gasteiger partial charge is 0.296 e. The lowest BCUT2D eigenvalue weighted by molar-refractivity contribution is -0.384. The number of hydrogen-bond donors (Lipinski definition) is 1. The van der Waals surface area contributed by atoms with Gasteiger partial charge >= 0.3 is 0 Å². The highest BCUT2D eigenvalue weighted by atomic mass is 32.1. The van der Waals surface area contributed by atoms with Crippen LogP contribution >= 0.6 is 11.3 Å². The molecule has 25 heavy (non-hydrogen) atoms. The number of carbonyl (C=O) groups is 1. The molecule has 1 amide bonds. The van der Waals surface area contributed by atoms with Crippen LogP contribution in [0.5, 0.6) is 0 Å². The van der Waals surface area contributed by atoms with Crippen molar-refractivity contribution in [1.82, 2.24) is 14.8 Å². The lowest BCUT2D eigenvalue weighted by atomic mass is 10.3. The van der Waals surface area contributed by atoms with Gasteiger partial charge in [0.2, 0.25) is 0 Å². The van der Waals surface area contributed by atoms with Crippen LogP contribution in [-0.2, 0) is 0 Å². The number of nitrogens with zero attached hydrogens (tertiary/aromatic N) is 4. The van der Waals surface area contributed by atoms with E-state index in [1.165, 1.54) is 35.0 Å². The Labute approximate surface area is 145 Å². The van der Waals surface area contributed by atoms with E-state index in [9.17, 15) is 19.7 Å². The molecular weight excluding hydrogens is 346 g/mol. The molecule has 1 N–H and O–H groups in total. The number of benzene rings is 1. The monoisotopic (exact) mass is 359 g/mol. The van der Waals surface area contributed by atoms with Crippen LogP contribution in [0.1, 0.15) is 30.4 Å². The normalized spacial score (nSPS) is 11.0. The number of nitrogens with one attached hydrogen (secondary N) is 1. The van der Waals surface area contributed by atoms with Crippen molar-refractivity contribution in [3.63, 3.8) is 0 Å². The van der Waals surface area contributed by atoms with Crippen LogP contribution in [0.4, 0.5) is 10.8 Å². The molecule has 9 nitrogen and oxygen atoms in total. The SMILES string of the molecule is CC(C)n1nc(C(=O)Nc2nc3ccc([N+](=O)[O-])cc3s2)ccc1=O. The van der Waals surface area contributed by atoms with Gasteiger partial charge in [-0.25, -0.2) is 9.67 Å². The number of hydrogen-bond acceptors (Lipinski definition) is 7. The topological polar surface area (TPSA) is 120 Å². The third-order valence-corrected chi connectivity index (χ3v) is 4.28. The molecule has 0 saturated heterocycles. The summed E-state index contributed by atoms with van der Waals surface area (Å²) in [6, 6.07) is 6.73. The first-order chi connectivity index (χ1) is 11.8. The summed E-state index contributed by atoms with van der Waals surface area (Å²) in [6.45, 7) is 3.58. The van der Waals surface area contributed by atoms with Crippen molar-refractivity contribution >= 4 is 38.3 Å². The van der Waals surface area contributed by atoms with Crippen LogP contribution in [-0.4, -0.2) is 25.6 Å². The Bertz CT molecular complexity index is 1040. The van der Waals surface area contributed by atoms with E-state index in [1.54, 1.807) is 13.8 Å². The van der Waals surface area contributed by atoms with Crippen LogP contribution in [0.3, 0.4) is 0 Å². The van der Waals surface area contributed by atoms with Crippen LogP contribution < -0.4 is 10.9 Å². The lowest BCUT2D eigenvalue weighted by Crippen LogP contribution is -2.27. The van der Waals surface area contributed by atoms with Gasteiger partial charge in [-0.05, 0) is 26.0 Å². The Hall–Kier alpha value is -3.14. The lowest BCUT2D eigenvalue weighted by Gasteiger charge is -2.09. The van der Waals surface area contributed by atoms with E-state index in [-0.39, 0.29) is 23.0 Å². The van der Waals surface area contributed by atoms with Gasteiger partial charge in [0.05, 0.1) is 21.2 Å². The van der Waals surface area contributed by atoms with Crippen LogP contribution in [0, 0.1) is 10.1 Å². The maximum Gasteiger partial charge on any atom is 0.277 e. The summed E-state index contributed by atoms with van der Waals surface area (Å²) in [6.07, 6.45) is 0. The van der Waals surface area contributed by atoms with Gasteiger partial charge in [-0.3, -0.25) is 25.0 Å². The molecule has 2 heterocycles. The van der Waals surface area contributed by atoms with Crippen molar-refractivity contribution < 1.29 is 9.72 Å². The molecule has 0 atom stereocenters. The molecule has 128 valence electrons. The van der Waals surface area contributed by atoms with E-state index in [0.717, 1.165) is 11.3 Å². The summed E-state index contributed by atoms with van der Waals surface area (Å²) in [5, 5.41) is 17.7. The van der Waals surface area contributed by atoms with Crippen molar-refractivity contribution in [3.8, 4) is 0 Å². The molecule has 0 aliphatic rings. The van der Waals surface area contributed by atoms with Gasteiger partial charge in [0, 0.05) is 18.2 Å². The van der Waals surface area contributed by atoms with E-state index < -0.39 is 10.8 Å². The first-order valence-corrected chi connectivity index (χ1v) is 8.13. The van der Waals surface area contributed by atoms with Gasteiger partial charge in [0.15, 0.2) is 5.13 Å². The molecule has 0 bridgehead atoms. The smallest absolute Gasteiger partial charge is 0.277 e. The minimum Gasteiger partial charge on any atom is -0.296 e. The molecule has 0 radical (unpaired) electrons. The van der Waals surface area contributed by atoms with Crippen molar-refractivity contribution in [2.75, 3.05) is 5.32 Å². The molecule has 0 aliphatic heterocycles. The minimum atomic E-state index is -0.511. The summed E-state index contributed by atoms with van der Waals surface area (Å²) in [4.78, 5) is 38.6. The fraction of sp³-hybridized carbons (Fsp3) is 0.200. The van der Waals surface area contributed by atoms with Gasteiger partial charge < -0.3 is 0 Å². The number of carbonyl (C=O) groups excluding carboxylic acids is 1. The Morgan fingerprint density at radius 2 is 2.08 bits per heavy atom. The van der Waals surface area contributed by atoms with E-state index >= 15 is 0 Å². The quantitative estimate of drug-likeness (QED) is 0.565. The molecule has 2 aromatic heterocycles. The standard InChI is InChI=1S/C15H13N5O4S/c1-8(2)19-13(21)6-5-11(18-19)14(22)17-15-16-10-4-3-9(20(23)24)7-12(10)25-15/h3-8H,1-2H3,(H,16,17,22). The molecule has 0 spiro atoms. The zero-order valence-electron chi connectivity index (χ0n) is 13.3. The first-order valence-electron chi connectivity index (χ1n) is 7.31. The van der Waals surface area contributed by atoms with Gasteiger partial charge in [0.25, 0.3) is 17.2 Å². The number of fused-ring (bicyclic) bond motifs is 1. The molecule has 10 heteroatoms. The van der Waals surface area contributed by atoms with Crippen molar-refractivity contribution in [3.05, 3.63) is 56.5 Å². The van der Waals surface area contributed by atoms with E-state index in [2.05, 4.69) is 15.4 Å². The average molecular weight is 359 g/mol. The summed E-state index contributed by atoms with van der Waals surface area (Å²) in [5.41, 5.74) is 0.295. The van der Waals surface area contributed by atoms with E-state index in [0.29, 0.717) is 15.3 Å². The maximum atomic E-state index is 12.3. The molecule has 0 unspecified atom stereocenters. The fourth-order valence-electron chi connectivity index (χ4n) is 2.16. The van der Waals surface area contributed by atoms with Crippen LogP contribution in [0.15, 0.2) is 35.1 Å². The highest BCUT2D eigenvalue weighted by Gasteiger charge is 2.15. The summed E-state index contributed by atoms with van der Waals surface area (Å²) in [5.74, 6) is -0.511. The number of non-ortho nitro benzene ring substituents is 1.